The lowest BCUT2D eigenvalue weighted by Gasteiger charge is -2.32. The van der Waals surface area contributed by atoms with Gasteiger partial charge in [0.25, 0.3) is 0 Å². The van der Waals surface area contributed by atoms with Gasteiger partial charge in [0.1, 0.15) is 11.9 Å². The maximum Gasteiger partial charge on any atom is 0.141 e. The van der Waals surface area contributed by atoms with E-state index >= 15 is 0 Å². The second-order valence-electron chi connectivity index (χ2n) is 10.4. The molecule has 1 saturated heterocycles. The summed E-state index contributed by atoms with van der Waals surface area (Å²) in [5, 5.41) is 8.92. The predicted octanol–water partition coefficient (Wildman–Crippen LogP) is 8.47. The van der Waals surface area contributed by atoms with Crippen molar-refractivity contribution in [2.45, 2.75) is 88.8 Å². The summed E-state index contributed by atoms with van der Waals surface area (Å²) in [5.74, 6) is 2.21. The first kappa shape index (κ1) is 23.2. The number of nitriles is 1. The van der Waals surface area contributed by atoms with Crippen LogP contribution in [0.2, 0.25) is 18.1 Å². The van der Waals surface area contributed by atoms with Gasteiger partial charge in [-0.05, 0) is 72.3 Å². The largest absolute Gasteiger partial charge is 0.206 e. The summed E-state index contributed by atoms with van der Waals surface area (Å²) in [7, 11) is -0.329. The predicted molar refractivity (Wildman–Crippen MR) is 135 cm³/mol. The fraction of sp³-hybridized carbons (Fsp3) is 0.552. The van der Waals surface area contributed by atoms with E-state index in [-0.39, 0.29) is 14.4 Å². The maximum atomic E-state index is 14.0. The van der Waals surface area contributed by atoms with E-state index < -0.39 is 5.82 Å². The molecule has 2 fully saturated rings. The van der Waals surface area contributed by atoms with E-state index in [1.54, 1.807) is 37.0 Å². The molecule has 0 aromatic heterocycles. The van der Waals surface area contributed by atoms with Gasteiger partial charge >= 0.3 is 0 Å². The van der Waals surface area contributed by atoms with Gasteiger partial charge in [0.05, 0.1) is 5.56 Å². The first-order chi connectivity index (χ1) is 15.7. The lowest BCUT2D eigenvalue weighted by molar-refractivity contribution is 0.280. The van der Waals surface area contributed by atoms with Crippen molar-refractivity contribution in [3.8, 4) is 17.2 Å². The number of nitrogens with zero attached hydrogens (tertiary/aromatic N) is 1. The van der Waals surface area contributed by atoms with Crippen LogP contribution < -0.4 is 0 Å². The minimum Gasteiger partial charge on any atom is -0.206 e. The van der Waals surface area contributed by atoms with E-state index in [1.165, 1.54) is 56.6 Å². The van der Waals surface area contributed by atoms with E-state index in [2.05, 4.69) is 31.2 Å². The SMILES string of the molecule is CCC[Si@H]1CC[C@H](CCC2CCC(c3ccc(-c4ccc(C#N)c(F)c4)cc3)CC2)CC1. The Labute approximate surface area is 195 Å². The molecule has 32 heavy (non-hydrogen) atoms. The molecule has 0 bridgehead atoms. The van der Waals surface area contributed by atoms with Gasteiger partial charge in [0.15, 0.2) is 0 Å². The molecule has 0 radical (unpaired) electrons. The van der Waals surface area contributed by atoms with Crippen molar-refractivity contribution in [3.63, 3.8) is 0 Å². The molecule has 1 aliphatic heterocycles. The minimum absolute atomic E-state index is 0.105. The van der Waals surface area contributed by atoms with Crippen LogP contribution in [0.5, 0.6) is 0 Å². The van der Waals surface area contributed by atoms with Gasteiger partial charge in [0.2, 0.25) is 0 Å². The van der Waals surface area contributed by atoms with Crippen molar-refractivity contribution in [2.24, 2.45) is 11.8 Å². The Hall–Kier alpha value is -1.92. The molecule has 0 N–H and O–H groups in total. The van der Waals surface area contributed by atoms with Crippen molar-refractivity contribution >= 4 is 8.80 Å². The Morgan fingerprint density at radius 3 is 2.09 bits per heavy atom. The van der Waals surface area contributed by atoms with Gasteiger partial charge in [0, 0.05) is 8.80 Å². The number of halogens is 1. The smallest absolute Gasteiger partial charge is 0.141 e. The van der Waals surface area contributed by atoms with Crippen LogP contribution >= 0.6 is 0 Å². The number of rotatable bonds is 7. The monoisotopic (exact) mass is 447 g/mol. The third-order valence-corrected chi connectivity index (χ3v) is 12.0. The summed E-state index contributed by atoms with van der Waals surface area (Å²) >= 11 is 0. The van der Waals surface area contributed by atoms with Gasteiger partial charge in [-0.2, -0.15) is 5.26 Å². The zero-order valence-corrected chi connectivity index (χ0v) is 20.8. The molecule has 0 spiro atoms. The molecule has 0 atom stereocenters. The van der Waals surface area contributed by atoms with Crippen molar-refractivity contribution in [3.05, 3.63) is 59.4 Å². The highest BCUT2D eigenvalue weighted by molar-refractivity contribution is 6.58. The van der Waals surface area contributed by atoms with E-state index in [9.17, 15) is 4.39 Å². The molecule has 1 saturated carbocycles. The lowest BCUT2D eigenvalue weighted by atomic mass is 9.76. The molecule has 1 heterocycles. The maximum absolute atomic E-state index is 14.0. The van der Waals surface area contributed by atoms with Gasteiger partial charge in [-0.15, -0.1) is 0 Å². The Morgan fingerprint density at radius 2 is 1.50 bits per heavy atom. The van der Waals surface area contributed by atoms with Crippen LogP contribution in [0, 0.1) is 29.0 Å². The number of hydrogen-bond donors (Lipinski definition) is 0. The first-order valence-corrected chi connectivity index (χ1v) is 15.4. The zero-order chi connectivity index (χ0) is 22.3. The average Bonchev–Trinajstić information content (AvgIpc) is 2.84. The average molecular weight is 448 g/mol. The molecule has 1 nitrogen and oxygen atoms in total. The van der Waals surface area contributed by atoms with E-state index in [1.807, 2.05) is 12.1 Å². The van der Waals surface area contributed by atoms with Crippen LogP contribution in [0.3, 0.4) is 0 Å². The second-order valence-corrected chi connectivity index (χ2v) is 13.9. The van der Waals surface area contributed by atoms with Crippen LogP contribution in [0.15, 0.2) is 42.5 Å². The highest BCUT2D eigenvalue weighted by atomic mass is 28.3. The van der Waals surface area contributed by atoms with Crippen molar-refractivity contribution in [1.82, 2.24) is 0 Å². The summed E-state index contributed by atoms with van der Waals surface area (Å²) in [6, 6.07) is 20.3. The van der Waals surface area contributed by atoms with E-state index in [0.717, 1.165) is 23.0 Å². The Bertz CT molecular complexity index is 900. The first-order valence-electron chi connectivity index (χ1n) is 13.0. The normalized spacial score (nSPS) is 25.9. The third kappa shape index (κ3) is 5.90. The Kier molecular flexibility index (Phi) is 8.19. The van der Waals surface area contributed by atoms with Crippen LogP contribution in [0.1, 0.15) is 81.8 Å². The highest BCUT2D eigenvalue weighted by Crippen LogP contribution is 2.40. The summed E-state index contributed by atoms with van der Waals surface area (Å²) in [5.41, 5.74) is 3.39. The van der Waals surface area contributed by atoms with Gasteiger partial charge in [-0.1, -0.05) is 87.5 Å². The number of benzene rings is 2. The van der Waals surface area contributed by atoms with Gasteiger partial charge in [-0.25, -0.2) is 4.39 Å². The Balaban J connectivity index is 1.23. The van der Waals surface area contributed by atoms with Crippen molar-refractivity contribution < 1.29 is 4.39 Å². The van der Waals surface area contributed by atoms with Crippen LogP contribution in [0.4, 0.5) is 4.39 Å². The molecule has 1 aliphatic carbocycles. The molecule has 4 rings (SSSR count). The van der Waals surface area contributed by atoms with Crippen LogP contribution in [-0.2, 0) is 0 Å². The zero-order valence-electron chi connectivity index (χ0n) is 19.7. The van der Waals surface area contributed by atoms with E-state index in [4.69, 9.17) is 5.26 Å². The Morgan fingerprint density at radius 1 is 0.875 bits per heavy atom. The fourth-order valence-electron chi connectivity index (χ4n) is 6.21. The number of hydrogen-bond acceptors (Lipinski definition) is 1. The molecular formula is C29H38FNSi. The third-order valence-electron chi connectivity index (χ3n) is 8.30. The molecule has 170 valence electrons. The van der Waals surface area contributed by atoms with Gasteiger partial charge < -0.3 is 0 Å². The summed E-state index contributed by atoms with van der Waals surface area (Å²) in [4.78, 5) is 0. The molecule has 3 heteroatoms. The summed E-state index contributed by atoms with van der Waals surface area (Å²) < 4.78 is 14.0. The molecule has 2 aromatic rings. The molecular weight excluding hydrogens is 409 g/mol. The highest BCUT2D eigenvalue weighted by Gasteiger charge is 2.25. The fourth-order valence-corrected chi connectivity index (χ4v) is 9.77. The standard InChI is InChI=1S/C29H38FNSi/c1-2-17-32-18-15-23(16-19-32)4-3-22-5-7-24(8-6-22)25-9-11-26(12-10-25)27-13-14-28(21-31)29(30)20-27/h9-14,20,22-24,32H,2-8,15-19H2,1H3/t22?,23-,24?,32-. The minimum atomic E-state index is -0.441. The molecule has 0 unspecified atom stereocenters. The molecule has 0 amide bonds. The molecule has 2 aromatic carbocycles. The van der Waals surface area contributed by atoms with E-state index in [0.29, 0.717) is 5.92 Å². The topological polar surface area (TPSA) is 23.8 Å². The van der Waals surface area contributed by atoms with Crippen molar-refractivity contribution in [2.75, 3.05) is 0 Å². The van der Waals surface area contributed by atoms with Crippen LogP contribution in [0.25, 0.3) is 11.1 Å². The molecule has 2 aliphatic rings. The lowest BCUT2D eigenvalue weighted by Crippen LogP contribution is -2.22. The van der Waals surface area contributed by atoms with Crippen LogP contribution in [-0.4, -0.2) is 8.80 Å². The quantitative estimate of drug-likeness (QED) is 0.390. The summed E-state index contributed by atoms with van der Waals surface area (Å²) in [6.07, 6.45) is 12.8. The summed E-state index contributed by atoms with van der Waals surface area (Å²) in [6.45, 7) is 2.36. The van der Waals surface area contributed by atoms with Crippen molar-refractivity contribution in [1.29, 1.82) is 5.26 Å². The second kappa shape index (κ2) is 11.3. The van der Waals surface area contributed by atoms with Gasteiger partial charge in [-0.3, -0.25) is 0 Å².